The molecule has 0 saturated heterocycles. The predicted octanol–water partition coefficient (Wildman–Crippen LogP) is 5.04. The molecule has 0 fully saturated rings. The number of aromatic nitrogens is 2. The Bertz CT molecular complexity index is 1050. The Morgan fingerprint density at radius 3 is 2.37 bits per heavy atom. The number of hydrogen-bond donors (Lipinski definition) is 3. The summed E-state index contributed by atoms with van der Waals surface area (Å²) in [5.41, 5.74) is 0.809. The molecule has 0 unspecified atom stereocenters. The third-order valence-electron chi connectivity index (χ3n) is 3.36. The summed E-state index contributed by atoms with van der Waals surface area (Å²) in [6.07, 6.45) is -3.74. The summed E-state index contributed by atoms with van der Waals surface area (Å²) in [6, 6.07) is 7.76. The van der Waals surface area contributed by atoms with Gasteiger partial charge in [0.05, 0.1) is 18.3 Å². The first-order valence-corrected chi connectivity index (χ1v) is 8.36. The van der Waals surface area contributed by atoms with E-state index < -0.39 is 18.0 Å². The molecule has 3 rings (SSSR count). The van der Waals surface area contributed by atoms with Crippen LogP contribution in [0.5, 0.6) is 11.5 Å². The monoisotopic (exact) mass is 513 g/mol. The van der Waals surface area contributed by atoms with Gasteiger partial charge in [-0.1, -0.05) is 15.9 Å². The molecule has 3 aromatic rings. The smallest absolute Gasteiger partial charge is 0.490 e. The van der Waals surface area contributed by atoms with Gasteiger partial charge in [0.15, 0.2) is 11.5 Å². The number of carbonyl (C=O) groups is 1. The molecule has 0 atom stereocenters. The van der Waals surface area contributed by atoms with Gasteiger partial charge in [0, 0.05) is 15.9 Å². The summed E-state index contributed by atoms with van der Waals surface area (Å²) in [6.45, 7) is 0. The Morgan fingerprint density at radius 1 is 1.20 bits per heavy atom. The van der Waals surface area contributed by atoms with E-state index in [0.717, 1.165) is 0 Å². The van der Waals surface area contributed by atoms with Crippen molar-refractivity contribution in [3.8, 4) is 11.5 Å². The molecule has 0 bridgehead atoms. The van der Waals surface area contributed by atoms with Crippen molar-refractivity contribution in [2.24, 2.45) is 0 Å². The first-order valence-electron chi connectivity index (χ1n) is 7.56. The molecular formula is C17H13BrClF4N3O4. The predicted molar refractivity (Wildman–Crippen MR) is 106 cm³/mol. The van der Waals surface area contributed by atoms with Crippen molar-refractivity contribution in [1.82, 2.24) is 9.97 Å². The van der Waals surface area contributed by atoms with Crippen molar-refractivity contribution in [3.63, 3.8) is 0 Å². The number of hydrogen-bond acceptors (Lipinski definition) is 6. The van der Waals surface area contributed by atoms with E-state index in [0.29, 0.717) is 26.9 Å². The third-order valence-corrected chi connectivity index (χ3v) is 3.86. The van der Waals surface area contributed by atoms with Crippen LogP contribution < -0.4 is 10.1 Å². The van der Waals surface area contributed by atoms with Gasteiger partial charge in [-0.2, -0.15) is 13.2 Å². The van der Waals surface area contributed by atoms with Gasteiger partial charge in [-0.25, -0.2) is 19.2 Å². The number of ether oxygens (including phenoxy) is 1. The molecule has 0 spiro atoms. The number of methoxy groups -OCH3 is 1. The number of nitrogens with one attached hydrogen (secondary N) is 1. The van der Waals surface area contributed by atoms with Gasteiger partial charge in [-0.05, 0) is 24.3 Å². The summed E-state index contributed by atoms with van der Waals surface area (Å²) in [7, 11) is 1.45. The molecule has 7 nitrogen and oxygen atoms in total. The van der Waals surface area contributed by atoms with Crippen molar-refractivity contribution in [1.29, 1.82) is 0 Å². The Kier molecular flexibility index (Phi) is 8.61. The van der Waals surface area contributed by atoms with Gasteiger partial charge >= 0.3 is 12.1 Å². The number of rotatable bonds is 3. The van der Waals surface area contributed by atoms with E-state index in [1.165, 1.54) is 25.6 Å². The average Bonchev–Trinajstić information content (AvgIpc) is 2.63. The van der Waals surface area contributed by atoms with Gasteiger partial charge in [-0.3, -0.25) is 0 Å². The highest BCUT2D eigenvalue weighted by atomic mass is 79.9. The minimum atomic E-state index is -5.08. The topological polar surface area (TPSA) is 105 Å². The van der Waals surface area contributed by atoms with Crippen molar-refractivity contribution in [3.05, 3.63) is 46.9 Å². The largest absolute Gasteiger partial charge is 0.504 e. The molecule has 0 aliphatic rings. The highest BCUT2D eigenvalue weighted by Gasteiger charge is 2.38. The number of phenolic OH excluding ortho intramolecular Hbond substituents is 1. The van der Waals surface area contributed by atoms with Gasteiger partial charge in [0.25, 0.3) is 0 Å². The van der Waals surface area contributed by atoms with E-state index in [9.17, 15) is 22.7 Å². The summed E-state index contributed by atoms with van der Waals surface area (Å²) in [4.78, 5) is 17.1. The molecule has 3 N–H and O–H groups in total. The van der Waals surface area contributed by atoms with E-state index in [1.54, 1.807) is 18.2 Å². The molecule has 162 valence electrons. The van der Waals surface area contributed by atoms with Crippen molar-refractivity contribution in [2.45, 2.75) is 6.18 Å². The van der Waals surface area contributed by atoms with E-state index >= 15 is 0 Å². The molecule has 0 aliphatic heterocycles. The number of fused-ring (bicyclic) bond motifs is 1. The van der Waals surface area contributed by atoms with E-state index in [4.69, 9.17) is 14.6 Å². The maximum atomic E-state index is 13.9. The number of alkyl halides is 3. The van der Waals surface area contributed by atoms with Gasteiger partial charge in [0.1, 0.15) is 18.0 Å². The second-order valence-electron chi connectivity index (χ2n) is 5.32. The number of anilines is 2. The van der Waals surface area contributed by atoms with Crippen LogP contribution in [0.2, 0.25) is 0 Å². The van der Waals surface area contributed by atoms with Crippen LogP contribution in [0.1, 0.15) is 0 Å². The van der Waals surface area contributed by atoms with Crippen LogP contribution in [-0.2, 0) is 4.79 Å². The fraction of sp³-hybridized carbons (Fsp3) is 0.118. The lowest BCUT2D eigenvalue weighted by Gasteiger charge is -2.11. The van der Waals surface area contributed by atoms with E-state index in [1.807, 2.05) is 0 Å². The summed E-state index contributed by atoms with van der Waals surface area (Å²) >= 11 is 3.21. The minimum Gasteiger partial charge on any atom is -0.504 e. The summed E-state index contributed by atoms with van der Waals surface area (Å²) in [5.74, 6) is -2.47. The van der Waals surface area contributed by atoms with Gasteiger partial charge in [0.2, 0.25) is 0 Å². The molecular weight excluding hydrogens is 502 g/mol. The lowest BCUT2D eigenvalue weighted by Crippen LogP contribution is -2.21. The minimum absolute atomic E-state index is 0. The highest BCUT2D eigenvalue weighted by Crippen LogP contribution is 2.34. The standard InChI is InChI=1S/C15H11BrFN3O2.C2HF3O2.ClH/c1-22-14-5-9-12(6-13(14)21)18-7-19-15(9)20-11-3-2-8(16)4-10(11)17;3-2(4,5)1(6)7;/h2-7,21H,1H3,(H,18,19,20);(H,6,7);1H. The van der Waals surface area contributed by atoms with E-state index in [-0.39, 0.29) is 23.8 Å². The number of phenols is 1. The molecule has 0 amide bonds. The maximum absolute atomic E-state index is 13.9. The highest BCUT2D eigenvalue weighted by molar-refractivity contribution is 9.10. The third kappa shape index (κ3) is 6.32. The zero-order valence-electron chi connectivity index (χ0n) is 14.9. The second kappa shape index (κ2) is 10.3. The lowest BCUT2D eigenvalue weighted by molar-refractivity contribution is -0.192. The number of aromatic hydroxyl groups is 1. The summed E-state index contributed by atoms with van der Waals surface area (Å²) in [5, 5.41) is 20.5. The SMILES string of the molecule is COc1cc2c(Nc3ccc(Br)cc3F)ncnc2cc1O.Cl.O=C(O)C(F)(F)F. The zero-order chi connectivity index (χ0) is 21.8. The van der Waals surface area contributed by atoms with Crippen LogP contribution >= 0.6 is 28.3 Å². The first kappa shape index (κ1) is 25.2. The molecule has 0 saturated carbocycles. The zero-order valence-corrected chi connectivity index (χ0v) is 17.3. The maximum Gasteiger partial charge on any atom is 0.490 e. The molecule has 30 heavy (non-hydrogen) atoms. The van der Waals surface area contributed by atoms with Crippen LogP contribution in [0.3, 0.4) is 0 Å². The van der Waals surface area contributed by atoms with Crippen LogP contribution in [-0.4, -0.2) is 39.4 Å². The Hall–Kier alpha value is -2.86. The molecule has 0 radical (unpaired) electrons. The molecule has 0 aliphatic carbocycles. The van der Waals surface area contributed by atoms with Crippen LogP contribution in [0.15, 0.2) is 41.1 Å². The normalized spacial score (nSPS) is 10.5. The van der Waals surface area contributed by atoms with E-state index in [2.05, 4.69) is 31.2 Å². The molecule has 2 aromatic carbocycles. The molecule has 1 heterocycles. The number of carboxylic acid groups (broad SMARTS) is 1. The Labute approximate surface area is 181 Å². The fourth-order valence-corrected chi connectivity index (χ4v) is 2.39. The Balaban J connectivity index is 0.000000489. The Morgan fingerprint density at radius 2 is 1.83 bits per heavy atom. The van der Waals surface area contributed by atoms with Crippen LogP contribution in [0.25, 0.3) is 10.9 Å². The second-order valence-corrected chi connectivity index (χ2v) is 6.23. The van der Waals surface area contributed by atoms with Gasteiger partial charge in [-0.15, -0.1) is 12.4 Å². The van der Waals surface area contributed by atoms with Gasteiger partial charge < -0.3 is 20.3 Å². The first-order chi connectivity index (χ1) is 13.5. The number of carboxylic acids is 1. The van der Waals surface area contributed by atoms with Crippen molar-refractivity contribution >= 4 is 56.7 Å². The number of benzene rings is 2. The molecule has 13 heteroatoms. The lowest BCUT2D eigenvalue weighted by atomic mass is 10.2. The average molecular weight is 515 g/mol. The number of halogens is 6. The fourth-order valence-electron chi connectivity index (χ4n) is 2.05. The number of nitrogens with zero attached hydrogens (tertiary/aromatic N) is 2. The van der Waals surface area contributed by atoms with Crippen molar-refractivity contribution < 1.29 is 37.3 Å². The van der Waals surface area contributed by atoms with Crippen LogP contribution in [0.4, 0.5) is 29.1 Å². The summed E-state index contributed by atoms with van der Waals surface area (Å²) < 4.78 is 51.4. The van der Waals surface area contributed by atoms with Crippen LogP contribution in [0, 0.1) is 5.82 Å². The quantitative estimate of drug-likeness (QED) is 0.421. The van der Waals surface area contributed by atoms with Crippen molar-refractivity contribution in [2.75, 3.05) is 12.4 Å². The number of aliphatic carboxylic acids is 1. The molecule has 1 aromatic heterocycles.